The molecule has 0 aromatic heterocycles. The molecular formula is C12H15F3N2O2S. The van der Waals surface area contributed by atoms with Crippen LogP contribution in [0.5, 0.6) is 0 Å². The number of rotatable bonds is 4. The number of alkyl halides is 3. The molecule has 0 bridgehead atoms. The second-order valence-corrected chi connectivity index (χ2v) is 5.74. The van der Waals surface area contributed by atoms with Gasteiger partial charge in [0.1, 0.15) is 0 Å². The van der Waals surface area contributed by atoms with Crippen LogP contribution < -0.4 is 10.6 Å². The average Bonchev–Trinajstić information content (AvgIpc) is 2.29. The molecular weight excluding hydrogens is 293 g/mol. The fraction of sp³-hybridized carbons (Fsp3) is 0.417. The van der Waals surface area contributed by atoms with Crippen LogP contribution in [0.1, 0.15) is 11.1 Å². The number of halogens is 3. The highest BCUT2D eigenvalue weighted by Gasteiger charge is 2.32. The van der Waals surface area contributed by atoms with Crippen molar-refractivity contribution in [3.8, 4) is 0 Å². The molecule has 1 rings (SSSR count). The lowest BCUT2D eigenvalue weighted by atomic mass is 10.1. The summed E-state index contributed by atoms with van der Waals surface area (Å²) >= 11 is 0. The Balaban J connectivity index is 2.69. The Hall–Kier alpha value is -1.57. The molecule has 0 spiro atoms. The molecule has 0 unspecified atom stereocenters. The summed E-state index contributed by atoms with van der Waals surface area (Å²) in [6.07, 6.45) is -2.97. The third-order valence-corrected chi connectivity index (χ3v) is 3.25. The predicted molar refractivity (Wildman–Crippen MR) is 72.1 cm³/mol. The first-order valence-corrected chi connectivity index (χ1v) is 7.45. The Morgan fingerprint density at radius 1 is 1.35 bits per heavy atom. The van der Waals surface area contributed by atoms with Gasteiger partial charge in [-0.2, -0.15) is 13.2 Å². The van der Waals surface area contributed by atoms with Gasteiger partial charge in [0.05, 0.1) is 5.56 Å². The second kappa shape index (κ2) is 6.74. The fourth-order valence-corrected chi connectivity index (χ4v) is 1.88. The lowest BCUT2D eigenvalue weighted by molar-refractivity contribution is -0.138. The van der Waals surface area contributed by atoms with Gasteiger partial charge in [-0.15, -0.1) is 0 Å². The minimum absolute atomic E-state index is 0.0537. The summed E-state index contributed by atoms with van der Waals surface area (Å²) in [5, 5.41) is 4.72. The van der Waals surface area contributed by atoms with Crippen molar-refractivity contribution < 1.29 is 22.2 Å². The monoisotopic (exact) mass is 308 g/mol. The highest BCUT2D eigenvalue weighted by atomic mass is 32.2. The number of hydrogen-bond donors (Lipinski definition) is 2. The van der Waals surface area contributed by atoms with E-state index < -0.39 is 28.6 Å². The SMILES string of the molecule is Cc1ccc(NC(=O)NCC[S@@](C)=O)cc1C(F)(F)F. The van der Waals surface area contributed by atoms with E-state index in [0.717, 1.165) is 6.07 Å². The topological polar surface area (TPSA) is 58.2 Å². The van der Waals surface area contributed by atoms with Crippen LogP contribution >= 0.6 is 0 Å². The van der Waals surface area contributed by atoms with E-state index in [1.165, 1.54) is 25.3 Å². The Morgan fingerprint density at radius 2 is 2.00 bits per heavy atom. The zero-order valence-electron chi connectivity index (χ0n) is 11.0. The third kappa shape index (κ3) is 5.20. The number of carbonyl (C=O) groups excluding carboxylic acids is 1. The van der Waals surface area contributed by atoms with Crippen LogP contribution in [0, 0.1) is 6.92 Å². The number of hydrogen-bond acceptors (Lipinski definition) is 2. The Bertz CT molecular complexity index is 518. The van der Waals surface area contributed by atoms with Crippen molar-refractivity contribution in [1.29, 1.82) is 0 Å². The molecule has 0 fully saturated rings. The lowest BCUT2D eigenvalue weighted by Crippen LogP contribution is -2.31. The Morgan fingerprint density at radius 3 is 2.55 bits per heavy atom. The van der Waals surface area contributed by atoms with Crippen molar-refractivity contribution >= 4 is 22.5 Å². The molecule has 112 valence electrons. The van der Waals surface area contributed by atoms with Gasteiger partial charge < -0.3 is 10.6 Å². The van der Waals surface area contributed by atoms with E-state index in [-0.39, 0.29) is 23.5 Å². The first kappa shape index (κ1) is 16.5. The van der Waals surface area contributed by atoms with Crippen LogP contribution in [0.2, 0.25) is 0 Å². The summed E-state index contributed by atoms with van der Waals surface area (Å²) in [5.74, 6) is 0.287. The van der Waals surface area contributed by atoms with Crippen LogP contribution in [-0.2, 0) is 17.0 Å². The number of anilines is 1. The Kier molecular flexibility index (Phi) is 5.55. The minimum Gasteiger partial charge on any atom is -0.337 e. The van der Waals surface area contributed by atoms with Crippen LogP contribution in [0.3, 0.4) is 0 Å². The van der Waals surface area contributed by atoms with E-state index in [4.69, 9.17) is 0 Å². The molecule has 20 heavy (non-hydrogen) atoms. The van der Waals surface area contributed by atoms with E-state index >= 15 is 0 Å². The van der Waals surface area contributed by atoms with Gasteiger partial charge in [0.2, 0.25) is 0 Å². The molecule has 0 aliphatic carbocycles. The summed E-state index contributed by atoms with van der Waals surface area (Å²) in [5.41, 5.74) is -0.646. The van der Waals surface area contributed by atoms with E-state index in [9.17, 15) is 22.2 Å². The van der Waals surface area contributed by atoms with Gasteiger partial charge >= 0.3 is 12.2 Å². The molecule has 0 aliphatic rings. The fourth-order valence-electron chi connectivity index (χ4n) is 1.49. The first-order chi connectivity index (χ1) is 9.20. The van der Waals surface area contributed by atoms with Crippen LogP contribution in [0.15, 0.2) is 18.2 Å². The molecule has 1 aromatic carbocycles. The smallest absolute Gasteiger partial charge is 0.337 e. The Labute approximate surface area is 117 Å². The number of benzene rings is 1. The van der Waals surface area contributed by atoms with E-state index in [2.05, 4.69) is 10.6 Å². The van der Waals surface area contributed by atoms with Gasteiger partial charge in [-0.1, -0.05) is 6.07 Å². The molecule has 1 aromatic rings. The molecule has 0 saturated carbocycles. The number of nitrogens with one attached hydrogen (secondary N) is 2. The van der Waals surface area contributed by atoms with E-state index in [1.807, 2.05) is 0 Å². The maximum atomic E-state index is 12.7. The molecule has 8 heteroatoms. The molecule has 2 amide bonds. The van der Waals surface area contributed by atoms with Crippen molar-refractivity contribution in [1.82, 2.24) is 5.32 Å². The van der Waals surface area contributed by atoms with Gasteiger partial charge in [0, 0.05) is 35.0 Å². The van der Waals surface area contributed by atoms with Crippen molar-refractivity contribution in [2.24, 2.45) is 0 Å². The second-order valence-electron chi connectivity index (χ2n) is 4.19. The lowest BCUT2D eigenvalue weighted by Gasteiger charge is -2.13. The van der Waals surface area contributed by atoms with Crippen LogP contribution in [-0.4, -0.2) is 28.8 Å². The molecule has 4 nitrogen and oxygen atoms in total. The minimum atomic E-state index is -4.46. The molecule has 1 atom stereocenters. The summed E-state index contributed by atoms with van der Waals surface area (Å²) in [6, 6.07) is 2.93. The molecule has 0 radical (unpaired) electrons. The van der Waals surface area contributed by atoms with E-state index in [0.29, 0.717) is 0 Å². The summed E-state index contributed by atoms with van der Waals surface area (Å²) in [6.45, 7) is 1.54. The maximum absolute atomic E-state index is 12.7. The standard InChI is InChI=1S/C12H15F3N2O2S/c1-8-3-4-9(7-10(8)12(13,14)15)17-11(18)16-5-6-20(2)19/h3-4,7H,5-6H2,1-2H3,(H2,16,17,18)/t20-/m1/s1. The molecule has 0 saturated heterocycles. The summed E-state index contributed by atoms with van der Waals surface area (Å²) < 4.78 is 48.9. The van der Waals surface area contributed by atoms with E-state index in [1.54, 1.807) is 0 Å². The summed E-state index contributed by atoms with van der Waals surface area (Å²) in [7, 11) is -1.04. The molecule has 0 heterocycles. The summed E-state index contributed by atoms with van der Waals surface area (Å²) in [4.78, 5) is 11.4. The number of carbonyl (C=O) groups is 1. The van der Waals surface area contributed by atoms with Gasteiger partial charge in [0.25, 0.3) is 0 Å². The quantitative estimate of drug-likeness (QED) is 0.898. The van der Waals surface area contributed by atoms with Crippen molar-refractivity contribution in [2.45, 2.75) is 13.1 Å². The van der Waals surface area contributed by atoms with Crippen molar-refractivity contribution in [3.63, 3.8) is 0 Å². The third-order valence-electron chi connectivity index (χ3n) is 2.48. The maximum Gasteiger partial charge on any atom is 0.416 e. The van der Waals surface area contributed by atoms with Gasteiger partial charge in [-0.3, -0.25) is 4.21 Å². The number of urea groups is 1. The van der Waals surface area contributed by atoms with Crippen molar-refractivity contribution in [2.75, 3.05) is 23.9 Å². The van der Waals surface area contributed by atoms with Gasteiger partial charge in [-0.25, -0.2) is 4.79 Å². The van der Waals surface area contributed by atoms with Gasteiger partial charge in [-0.05, 0) is 24.6 Å². The van der Waals surface area contributed by atoms with Crippen LogP contribution in [0.25, 0.3) is 0 Å². The highest BCUT2D eigenvalue weighted by molar-refractivity contribution is 7.84. The predicted octanol–water partition coefficient (Wildman–Crippen LogP) is 2.51. The normalized spacial score (nSPS) is 12.8. The number of amides is 2. The van der Waals surface area contributed by atoms with Gasteiger partial charge in [0.15, 0.2) is 0 Å². The van der Waals surface area contributed by atoms with Crippen molar-refractivity contribution in [3.05, 3.63) is 29.3 Å². The molecule has 2 N–H and O–H groups in total. The van der Waals surface area contributed by atoms with Crippen LogP contribution in [0.4, 0.5) is 23.7 Å². The zero-order chi connectivity index (χ0) is 15.3. The highest BCUT2D eigenvalue weighted by Crippen LogP contribution is 2.33. The largest absolute Gasteiger partial charge is 0.416 e. The zero-order valence-corrected chi connectivity index (χ0v) is 11.8. The number of aryl methyl sites for hydroxylation is 1. The average molecular weight is 308 g/mol. The first-order valence-electron chi connectivity index (χ1n) is 5.73. The molecule has 0 aliphatic heterocycles.